The van der Waals surface area contributed by atoms with Gasteiger partial charge in [0.15, 0.2) is 12.4 Å². The van der Waals surface area contributed by atoms with Crippen LogP contribution in [0.25, 0.3) is 0 Å². The number of hydrogen-bond donors (Lipinski definition) is 4. The van der Waals surface area contributed by atoms with Crippen molar-refractivity contribution in [2.75, 3.05) is 0 Å². The molecular formula is C10H17FN3O5PS. The van der Waals surface area contributed by atoms with Gasteiger partial charge in [0.05, 0.1) is 6.10 Å². The molecule has 2 aliphatic heterocycles. The summed E-state index contributed by atoms with van der Waals surface area (Å²) >= 11 is 3.61. The van der Waals surface area contributed by atoms with Crippen molar-refractivity contribution in [3.8, 4) is 0 Å². The lowest BCUT2D eigenvalue weighted by atomic mass is 10.1. The number of ether oxygens (including phenoxy) is 1. The second-order valence-electron chi connectivity index (χ2n) is 4.69. The van der Waals surface area contributed by atoms with E-state index in [0.29, 0.717) is 0 Å². The fraction of sp³-hybridized carbons (Fsp3) is 0.700. The fourth-order valence-electron chi connectivity index (χ4n) is 2.23. The van der Waals surface area contributed by atoms with Crippen LogP contribution in [0, 0.1) is 0 Å². The van der Waals surface area contributed by atoms with Gasteiger partial charge in [-0.25, -0.2) is 9.38 Å². The number of alkyl halides is 1. The molecule has 2 aliphatic rings. The molecule has 2 rings (SSSR count). The van der Waals surface area contributed by atoms with Crippen molar-refractivity contribution in [1.82, 2.24) is 4.90 Å². The predicted octanol–water partition coefficient (Wildman–Crippen LogP) is -0.403. The standard InChI is InChI=1S/C10H17FN3O5PS/c1-4(15)7-8(19-20(17)21)6(11)9(18-7)14-3-2-5(12)13-10(14)16/h2-4,6-10,15-16,20H,1H3,(H2,12,13)(H,17,21)/t4-,6?,7+,8?,9+,10?/m0/s1. The maximum absolute atomic E-state index is 14.5. The first-order valence-corrected chi connectivity index (χ1v) is 8.76. The van der Waals surface area contributed by atoms with Crippen LogP contribution in [0.15, 0.2) is 17.3 Å². The number of amidine groups is 1. The van der Waals surface area contributed by atoms with Gasteiger partial charge in [-0.15, -0.1) is 0 Å². The Hall–Kier alpha value is -0.640. The fourth-order valence-corrected chi connectivity index (χ4v) is 3.09. The first-order chi connectivity index (χ1) is 9.81. The van der Waals surface area contributed by atoms with Crippen molar-refractivity contribution in [1.29, 1.82) is 0 Å². The Balaban J connectivity index is 2.18. The van der Waals surface area contributed by atoms with Gasteiger partial charge in [0.1, 0.15) is 18.0 Å². The van der Waals surface area contributed by atoms with Crippen LogP contribution in [0.4, 0.5) is 4.39 Å². The molecule has 0 spiro atoms. The molecule has 1 fully saturated rings. The van der Waals surface area contributed by atoms with E-state index in [1.165, 1.54) is 19.2 Å². The maximum atomic E-state index is 14.5. The van der Waals surface area contributed by atoms with Gasteiger partial charge in [0, 0.05) is 6.20 Å². The Morgan fingerprint density at radius 1 is 1.71 bits per heavy atom. The summed E-state index contributed by atoms with van der Waals surface area (Å²) in [4.78, 5) is 4.76. The van der Waals surface area contributed by atoms with Gasteiger partial charge >= 0.3 is 0 Å². The summed E-state index contributed by atoms with van der Waals surface area (Å²) in [6, 6.07) is 0. The van der Waals surface area contributed by atoms with Crippen LogP contribution in [0.2, 0.25) is 0 Å². The van der Waals surface area contributed by atoms with Crippen molar-refractivity contribution in [3.63, 3.8) is 0 Å². The number of aliphatic imine (C=N–C) groups is 1. The van der Waals surface area contributed by atoms with Crippen LogP contribution < -0.4 is 5.73 Å². The minimum Gasteiger partial charge on any atom is -0.391 e. The highest BCUT2D eigenvalue weighted by Crippen LogP contribution is 2.39. The van der Waals surface area contributed by atoms with Crippen LogP contribution in [-0.2, 0) is 13.8 Å². The zero-order valence-electron chi connectivity index (χ0n) is 11.0. The monoisotopic (exact) mass is 341 g/mol. The maximum Gasteiger partial charge on any atom is 0.243 e. The summed E-state index contributed by atoms with van der Waals surface area (Å²) in [5, 5.41) is 19.4. The van der Waals surface area contributed by atoms with Gasteiger partial charge in [0.25, 0.3) is 0 Å². The highest BCUT2D eigenvalue weighted by molar-refractivity contribution is 8.39. The van der Waals surface area contributed by atoms with Gasteiger partial charge < -0.3 is 30.1 Å². The number of nitrogens with zero attached hydrogens (tertiary/aromatic N) is 2. The van der Waals surface area contributed by atoms with Gasteiger partial charge in [0.2, 0.25) is 13.6 Å². The molecule has 4 unspecified atom stereocenters. The molecule has 120 valence electrons. The zero-order valence-corrected chi connectivity index (χ0v) is 12.9. The molecule has 1 saturated heterocycles. The number of thiol groups is 1. The van der Waals surface area contributed by atoms with Crippen molar-refractivity contribution in [3.05, 3.63) is 12.3 Å². The average Bonchev–Trinajstić information content (AvgIpc) is 2.67. The number of halogens is 1. The number of nitrogens with two attached hydrogens (primary N) is 1. The molecule has 0 amide bonds. The van der Waals surface area contributed by atoms with E-state index in [2.05, 4.69) is 17.2 Å². The van der Waals surface area contributed by atoms with Crippen LogP contribution in [-0.4, -0.2) is 58.0 Å². The second-order valence-corrected chi connectivity index (χ2v) is 6.55. The zero-order chi connectivity index (χ0) is 15.7. The second kappa shape index (κ2) is 6.64. The lowest BCUT2D eigenvalue weighted by molar-refractivity contribution is -0.131. The third-order valence-electron chi connectivity index (χ3n) is 3.16. The van der Waals surface area contributed by atoms with E-state index in [1.807, 2.05) is 0 Å². The largest absolute Gasteiger partial charge is 0.391 e. The van der Waals surface area contributed by atoms with Crippen molar-refractivity contribution in [2.24, 2.45) is 10.7 Å². The minimum absolute atomic E-state index is 0.0902. The summed E-state index contributed by atoms with van der Waals surface area (Å²) in [5.74, 6) is 0.0902. The number of aliphatic hydroxyl groups excluding tert-OH is 2. The molecular weight excluding hydrogens is 324 g/mol. The molecule has 0 aromatic rings. The van der Waals surface area contributed by atoms with E-state index in [4.69, 9.17) is 15.0 Å². The Kier molecular flexibility index (Phi) is 5.29. The van der Waals surface area contributed by atoms with E-state index in [1.54, 1.807) is 0 Å². The van der Waals surface area contributed by atoms with Crippen molar-refractivity contribution >= 4 is 25.3 Å². The SMILES string of the molecule is C[C@H](O)[C@H]1O[C@@H](N2C=CC(N)=NC2O)C(F)C1O[PH](=O)S. The lowest BCUT2D eigenvalue weighted by Gasteiger charge is -2.32. The lowest BCUT2D eigenvalue weighted by Crippen LogP contribution is -2.46. The van der Waals surface area contributed by atoms with Crippen LogP contribution in [0.5, 0.6) is 0 Å². The first kappa shape index (κ1) is 16.7. The Labute approximate surface area is 126 Å². The molecule has 0 bridgehead atoms. The number of hydrogen-bond acceptors (Lipinski definition) is 8. The average molecular weight is 341 g/mol. The summed E-state index contributed by atoms with van der Waals surface area (Å²) in [5.41, 5.74) is 5.42. The van der Waals surface area contributed by atoms with E-state index in [0.717, 1.165) is 4.90 Å². The van der Waals surface area contributed by atoms with Gasteiger partial charge in [-0.1, -0.05) is 12.2 Å². The van der Waals surface area contributed by atoms with Crippen molar-refractivity contribution in [2.45, 2.75) is 44.0 Å². The molecule has 0 aliphatic carbocycles. The third-order valence-corrected chi connectivity index (χ3v) is 3.95. The minimum atomic E-state index is -2.72. The van der Waals surface area contributed by atoms with E-state index >= 15 is 0 Å². The summed E-state index contributed by atoms with van der Waals surface area (Å²) in [6.07, 6.45) is -5.11. The molecule has 2 heterocycles. The number of rotatable bonds is 4. The smallest absolute Gasteiger partial charge is 0.243 e. The van der Waals surface area contributed by atoms with Gasteiger partial charge in [-0.05, 0) is 13.0 Å². The Bertz CT molecular complexity index is 480. The topological polar surface area (TPSA) is 118 Å². The summed E-state index contributed by atoms with van der Waals surface area (Å²) in [6.45, 7) is 1.39. The van der Waals surface area contributed by atoms with Gasteiger partial charge in [-0.3, -0.25) is 4.57 Å². The summed E-state index contributed by atoms with van der Waals surface area (Å²) < 4.78 is 35.9. The van der Waals surface area contributed by atoms with E-state index in [-0.39, 0.29) is 5.84 Å². The highest BCUT2D eigenvalue weighted by Gasteiger charge is 2.51. The van der Waals surface area contributed by atoms with E-state index < -0.39 is 44.3 Å². The first-order valence-electron chi connectivity index (χ1n) is 6.15. The van der Waals surface area contributed by atoms with Gasteiger partial charge in [-0.2, -0.15) is 0 Å². The number of aliphatic hydroxyl groups is 2. The van der Waals surface area contributed by atoms with E-state index in [9.17, 15) is 19.2 Å². The molecule has 0 aromatic carbocycles. The molecule has 4 N–H and O–H groups in total. The normalized spacial score (nSPS) is 39.2. The molecule has 21 heavy (non-hydrogen) atoms. The molecule has 11 heteroatoms. The van der Waals surface area contributed by atoms with Crippen LogP contribution in [0.1, 0.15) is 6.92 Å². The molecule has 8 nitrogen and oxygen atoms in total. The molecule has 7 atom stereocenters. The molecule has 0 saturated carbocycles. The third kappa shape index (κ3) is 3.58. The summed E-state index contributed by atoms with van der Waals surface area (Å²) in [7, 11) is -2.72. The Morgan fingerprint density at radius 3 is 2.90 bits per heavy atom. The van der Waals surface area contributed by atoms with Crippen LogP contribution >= 0.6 is 19.5 Å². The Morgan fingerprint density at radius 2 is 2.38 bits per heavy atom. The van der Waals surface area contributed by atoms with Crippen LogP contribution in [0.3, 0.4) is 0 Å². The molecule has 0 radical (unpaired) electrons. The quantitative estimate of drug-likeness (QED) is 0.406. The molecule has 0 aromatic heterocycles. The predicted molar refractivity (Wildman–Crippen MR) is 76.7 cm³/mol. The van der Waals surface area contributed by atoms with Crippen molar-refractivity contribution < 1.29 is 28.4 Å². The highest BCUT2D eigenvalue weighted by atomic mass is 32.7.